The Bertz CT molecular complexity index is 843. The van der Waals surface area contributed by atoms with Crippen LogP contribution in [0.2, 0.25) is 0 Å². The van der Waals surface area contributed by atoms with Gasteiger partial charge in [-0.2, -0.15) is 5.10 Å². The zero-order chi connectivity index (χ0) is 20.2. The van der Waals surface area contributed by atoms with Gasteiger partial charge in [-0.1, -0.05) is 6.07 Å². The molecule has 156 valence electrons. The Balaban J connectivity index is 1.34. The normalized spacial score (nSPS) is 19.8. The van der Waals surface area contributed by atoms with Crippen LogP contribution < -0.4 is 10.1 Å². The number of ether oxygens (including phenoxy) is 1. The minimum atomic E-state index is 0.133. The summed E-state index contributed by atoms with van der Waals surface area (Å²) in [5.41, 5.74) is 2.84. The number of fused-ring (bicyclic) bond motifs is 1. The molecule has 1 saturated heterocycles. The van der Waals surface area contributed by atoms with Crippen molar-refractivity contribution in [3.05, 3.63) is 41.3 Å². The highest BCUT2D eigenvalue weighted by Crippen LogP contribution is 2.24. The van der Waals surface area contributed by atoms with Gasteiger partial charge in [0.15, 0.2) is 0 Å². The van der Waals surface area contributed by atoms with E-state index in [9.17, 15) is 4.79 Å². The fraction of sp³-hybridized carbons (Fsp3) is 0.571. The van der Waals surface area contributed by atoms with Crippen molar-refractivity contribution in [1.82, 2.24) is 29.9 Å². The summed E-state index contributed by atoms with van der Waals surface area (Å²) >= 11 is 0. The molecule has 0 unspecified atom stereocenters. The quantitative estimate of drug-likeness (QED) is 0.783. The summed E-state index contributed by atoms with van der Waals surface area (Å²) in [5.74, 6) is 1.26. The van der Waals surface area contributed by atoms with E-state index in [2.05, 4.69) is 27.3 Å². The summed E-state index contributed by atoms with van der Waals surface area (Å²) in [7, 11) is 3.73. The number of hydrogen-bond donors (Lipinski definition) is 1. The second kappa shape index (κ2) is 8.92. The first-order valence-corrected chi connectivity index (χ1v) is 10.4. The van der Waals surface area contributed by atoms with Crippen molar-refractivity contribution in [3.8, 4) is 5.88 Å². The van der Waals surface area contributed by atoms with Gasteiger partial charge in [0.05, 0.1) is 30.3 Å². The Hall–Kier alpha value is -2.45. The molecule has 2 aliphatic heterocycles. The molecule has 4 rings (SSSR count). The van der Waals surface area contributed by atoms with Crippen LogP contribution in [-0.2, 0) is 19.5 Å². The highest BCUT2D eigenvalue weighted by molar-refractivity contribution is 5.95. The van der Waals surface area contributed by atoms with E-state index < -0.39 is 0 Å². The second-order valence-corrected chi connectivity index (χ2v) is 7.98. The molecule has 0 spiro atoms. The average molecular weight is 399 g/mol. The molecular weight excluding hydrogens is 368 g/mol. The summed E-state index contributed by atoms with van der Waals surface area (Å²) in [5, 5.41) is 8.00. The van der Waals surface area contributed by atoms with Crippen LogP contribution in [0.4, 0.5) is 0 Å². The first kappa shape index (κ1) is 19.8. The van der Waals surface area contributed by atoms with Crippen molar-refractivity contribution in [2.24, 2.45) is 5.92 Å². The molecule has 29 heavy (non-hydrogen) atoms. The largest absolute Gasteiger partial charge is 0.481 e. The van der Waals surface area contributed by atoms with Crippen molar-refractivity contribution in [2.75, 3.05) is 46.9 Å². The van der Waals surface area contributed by atoms with Crippen LogP contribution in [0, 0.1) is 5.92 Å². The molecule has 8 heteroatoms. The highest BCUT2D eigenvalue weighted by atomic mass is 16.5. The van der Waals surface area contributed by atoms with E-state index in [4.69, 9.17) is 4.74 Å². The maximum Gasteiger partial charge on any atom is 0.257 e. The van der Waals surface area contributed by atoms with Gasteiger partial charge in [0.1, 0.15) is 0 Å². The maximum atomic E-state index is 13.0. The number of carbonyl (C=O) groups is 1. The topological polar surface area (TPSA) is 75.5 Å². The number of piperazine rings is 1. The molecule has 4 heterocycles. The monoisotopic (exact) mass is 398 g/mol. The molecule has 1 fully saturated rings. The number of hydrogen-bond acceptors (Lipinski definition) is 6. The van der Waals surface area contributed by atoms with Crippen LogP contribution in [0.25, 0.3) is 0 Å². The van der Waals surface area contributed by atoms with Crippen LogP contribution in [0.15, 0.2) is 24.4 Å². The first-order valence-electron chi connectivity index (χ1n) is 10.4. The minimum Gasteiger partial charge on any atom is -0.481 e. The van der Waals surface area contributed by atoms with Gasteiger partial charge in [-0.3, -0.25) is 9.48 Å². The fourth-order valence-corrected chi connectivity index (χ4v) is 4.11. The van der Waals surface area contributed by atoms with Crippen molar-refractivity contribution < 1.29 is 9.53 Å². The number of nitrogens with one attached hydrogen (secondary N) is 1. The van der Waals surface area contributed by atoms with E-state index in [1.165, 1.54) is 0 Å². The predicted molar refractivity (Wildman–Crippen MR) is 110 cm³/mol. The van der Waals surface area contributed by atoms with E-state index in [1.807, 2.05) is 27.8 Å². The zero-order valence-electron chi connectivity index (χ0n) is 17.3. The van der Waals surface area contributed by atoms with E-state index in [0.717, 1.165) is 69.1 Å². The van der Waals surface area contributed by atoms with E-state index in [0.29, 0.717) is 18.3 Å². The third kappa shape index (κ3) is 4.59. The van der Waals surface area contributed by atoms with Gasteiger partial charge < -0.3 is 19.9 Å². The van der Waals surface area contributed by atoms with Gasteiger partial charge in [0.25, 0.3) is 5.91 Å². The summed E-state index contributed by atoms with van der Waals surface area (Å²) in [6.45, 7) is 5.92. The van der Waals surface area contributed by atoms with Crippen LogP contribution in [0.5, 0.6) is 5.88 Å². The smallest absolute Gasteiger partial charge is 0.257 e. The summed E-state index contributed by atoms with van der Waals surface area (Å²) < 4.78 is 7.20. The molecule has 0 aromatic carbocycles. The molecule has 0 saturated carbocycles. The molecule has 0 radical (unpaired) electrons. The van der Waals surface area contributed by atoms with Crippen LogP contribution in [0.3, 0.4) is 0 Å². The molecule has 8 nitrogen and oxygen atoms in total. The number of pyridine rings is 1. The number of aromatic nitrogens is 3. The zero-order valence-corrected chi connectivity index (χ0v) is 17.3. The van der Waals surface area contributed by atoms with Gasteiger partial charge in [-0.15, -0.1) is 0 Å². The summed E-state index contributed by atoms with van der Waals surface area (Å²) in [6, 6.07) is 5.81. The van der Waals surface area contributed by atoms with E-state index in [-0.39, 0.29) is 5.91 Å². The van der Waals surface area contributed by atoms with Gasteiger partial charge in [0.2, 0.25) is 5.88 Å². The lowest BCUT2D eigenvalue weighted by atomic mass is 9.94. The molecule has 1 N–H and O–H groups in total. The van der Waals surface area contributed by atoms with Crippen molar-refractivity contribution >= 4 is 5.91 Å². The van der Waals surface area contributed by atoms with Gasteiger partial charge in [-0.05, 0) is 38.4 Å². The molecule has 1 amide bonds. The number of aryl methyl sites for hydroxylation is 1. The fourth-order valence-electron chi connectivity index (χ4n) is 4.11. The van der Waals surface area contributed by atoms with Gasteiger partial charge in [-0.25, -0.2) is 4.98 Å². The third-order valence-corrected chi connectivity index (χ3v) is 5.93. The summed E-state index contributed by atoms with van der Waals surface area (Å²) in [4.78, 5) is 21.7. The average Bonchev–Trinajstić information content (AvgIpc) is 3.17. The predicted octanol–water partition coefficient (Wildman–Crippen LogP) is 1.03. The molecule has 2 aromatic rings. The number of methoxy groups -OCH3 is 1. The van der Waals surface area contributed by atoms with Gasteiger partial charge >= 0.3 is 0 Å². The highest BCUT2D eigenvalue weighted by Gasteiger charge is 2.28. The third-order valence-electron chi connectivity index (χ3n) is 5.93. The van der Waals surface area contributed by atoms with Crippen molar-refractivity contribution in [3.63, 3.8) is 0 Å². The standard InChI is InChI=1S/C21H30N6O2/c1-25-8-10-26(11-9-25)21(28)18-15-23-27-7-6-16(12-19(18)27)13-22-14-17-4-3-5-20(24-17)29-2/h3-5,15-16,22H,6-14H2,1-2H3/t16-/m0/s1. The van der Waals surface area contributed by atoms with Crippen LogP contribution in [-0.4, -0.2) is 77.4 Å². The lowest BCUT2D eigenvalue weighted by Gasteiger charge is -2.32. The Labute approximate surface area is 171 Å². The Morgan fingerprint density at radius 3 is 2.86 bits per heavy atom. The molecule has 2 aromatic heterocycles. The maximum absolute atomic E-state index is 13.0. The number of nitrogens with zero attached hydrogens (tertiary/aromatic N) is 5. The molecular formula is C21H30N6O2. The van der Waals surface area contributed by atoms with Crippen LogP contribution >= 0.6 is 0 Å². The Kier molecular flexibility index (Phi) is 6.10. The van der Waals surface area contributed by atoms with E-state index >= 15 is 0 Å². The number of carbonyl (C=O) groups excluding carboxylic acids is 1. The lowest BCUT2D eigenvalue weighted by molar-refractivity contribution is 0.0662. The second-order valence-electron chi connectivity index (χ2n) is 7.98. The van der Waals surface area contributed by atoms with Crippen molar-refractivity contribution in [1.29, 1.82) is 0 Å². The van der Waals surface area contributed by atoms with Gasteiger partial charge in [0, 0.05) is 45.3 Å². The first-order chi connectivity index (χ1) is 14.1. The Morgan fingerprint density at radius 1 is 1.24 bits per heavy atom. The molecule has 2 aliphatic rings. The Morgan fingerprint density at radius 2 is 2.07 bits per heavy atom. The van der Waals surface area contributed by atoms with Crippen molar-refractivity contribution in [2.45, 2.75) is 25.9 Å². The lowest BCUT2D eigenvalue weighted by Crippen LogP contribution is -2.47. The molecule has 0 aliphatic carbocycles. The molecule has 1 atom stereocenters. The molecule has 0 bridgehead atoms. The van der Waals surface area contributed by atoms with Crippen LogP contribution in [0.1, 0.15) is 28.2 Å². The minimum absolute atomic E-state index is 0.133. The number of rotatable bonds is 6. The number of likely N-dealkylation sites (N-methyl/N-ethyl adjacent to an activating group) is 1. The van der Waals surface area contributed by atoms with E-state index in [1.54, 1.807) is 13.3 Å². The number of amides is 1. The summed E-state index contributed by atoms with van der Waals surface area (Å²) in [6.07, 6.45) is 3.72. The SMILES string of the molecule is COc1cccc(CNC[C@H]2CCn3ncc(C(=O)N4CCN(C)CC4)c3C2)n1.